The summed E-state index contributed by atoms with van der Waals surface area (Å²) in [6, 6.07) is 0. The van der Waals surface area contributed by atoms with Gasteiger partial charge in [0, 0.05) is 5.69 Å². The number of thioether (sulfide) groups is 1. The lowest BCUT2D eigenvalue weighted by Gasteiger charge is -2.05. The second-order valence-electron chi connectivity index (χ2n) is 3.00. The van der Waals surface area contributed by atoms with Crippen LogP contribution in [0.15, 0.2) is 9.82 Å². The molecule has 0 aliphatic carbocycles. The molecule has 0 aliphatic rings. The van der Waals surface area contributed by atoms with E-state index in [1.54, 1.807) is 6.92 Å². The van der Waals surface area contributed by atoms with E-state index in [2.05, 4.69) is 9.97 Å². The van der Waals surface area contributed by atoms with E-state index in [9.17, 15) is 9.59 Å². The van der Waals surface area contributed by atoms with Crippen molar-refractivity contribution in [2.24, 2.45) is 0 Å². The number of aromatic carboxylic acids is 1. The van der Waals surface area contributed by atoms with Crippen LogP contribution in [0, 0.1) is 6.92 Å². The number of rotatable bonds is 4. The van der Waals surface area contributed by atoms with Gasteiger partial charge in [0.15, 0.2) is 0 Å². The van der Waals surface area contributed by atoms with Crippen LogP contribution in [-0.4, -0.2) is 26.8 Å². The van der Waals surface area contributed by atoms with Crippen LogP contribution < -0.4 is 5.69 Å². The summed E-state index contributed by atoms with van der Waals surface area (Å²) < 4.78 is 0. The van der Waals surface area contributed by atoms with E-state index in [1.165, 1.54) is 11.8 Å². The first-order chi connectivity index (χ1) is 7.06. The van der Waals surface area contributed by atoms with Crippen LogP contribution in [0.5, 0.6) is 0 Å². The molecule has 0 spiro atoms. The molecule has 0 saturated heterocycles. The molecule has 0 amide bonds. The molecule has 82 valence electrons. The molecule has 0 bridgehead atoms. The average molecular weight is 228 g/mol. The highest BCUT2D eigenvalue weighted by Gasteiger charge is 2.16. The van der Waals surface area contributed by atoms with Gasteiger partial charge in [-0.05, 0) is 19.1 Å². The van der Waals surface area contributed by atoms with Crippen molar-refractivity contribution < 1.29 is 9.90 Å². The molecule has 0 saturated carbocycles. The fourth-order valence-electron chi connectivity index (χ4n) is 1.11. The maximum Gasteiger partial charge on any atom is 0.346 e. The Morgan fingerprint density at radius 2 is 2.27 bits per heavy atom. The Balaban J connectivity index is 3.21. The first kappa shape index (κ1) is 11.8. The van der Waals surface area contributed by atoms with Crippen LogP contribution in [0.1, 0.15) is 29.4 Å². The van der Waals surface area contributed by atoms with Gasteiger partial charge < -0.3 is 10.1 Å². The van der Waals surface area contributed by atoms with Crippen LogP contribution in [0.3, 0.4) is 0 Å². The third-order valence-electron chi connectivity index (χ3n) is 1.74. The molecule has 0 aromatic carbocycles. The highest BCUT2D eigenvalue weighted by Crippen LogP contribution is 2.21. The number of aryl methyl sites for hydroxylation is 1. The normalized spacial score (nSPS) is 10.3. The summed E-state index contributed by atoms with van der Waals surface area (Å²) in [7, 11) is 0. The second kappa shape index (κ2) is 4.97. The lowest BCUT2D eigenvalue weighted by atomic mass is 10.2. The molecule has 1 aromatic rings. The average Bonchev–Trinajstić information content (AvgIpc) is 2.12. The van der Waals surface area contributed by atoms with Crippen LogP contribution in [-0.2, 0) is 0 Å². The molecule has 6 heteroatoms. The minimum Gasteiger partial charge on any atom is -0.478 e. The molecule has 2 N–H and O–H groups in total. The van der Waals surface area contributed by atoms with Crippen LogP contribution in [0.2, 0.25) is 0 Å². The molecular weight excluding hydrogens is 216 g/mol. The Labute approximate surface area is 90.9 Å². The summed E-state index contributed by atoms with van der Waals surface area (Å²) in [5.41, 5.74) is -0.0646. The van der Waals surface area contributed by atoms with Crippen molar-refractivity contribution in [3.63, 3.8) is 0 Å². The maximum absolute atomic E-state index is 11.1. The van der Waals surface area contributed by atoms with Gasteiger partial charge in [0.1, 0.15) is 10.6 Å². The molecule has 1 aromatic heterocycles. The third-order valence-corrected chi connectivity index (χ3v) is 2.92. The van der Waals surface area contributed by atoms with E-state index >= 15 is 0 Å². The van der Waals surface area contributed by atoms with Crippen LogP contribution in [0.25, 0.3) is 0 Å². The van der Waals surface area contributed by atoms with Crippen molar-refractivity contribution in [1.82, 2.24) is 9.97 Å². The van der Waals surface area contributed by atoms with Gasteiger partial charge in [-0.15, -0.1) is 11.8 Å². The van der Waals surface area contributed by atoms with E-state index in [0.717, 1.165) is 12.2 Å². The first-order valence-corrected chi connectivity index (χ1v) is 5.51. The Morgan fingerprint density at radius 3 is 2.80 bits per heavy atom. The molecule has 0 aliphatic heterocycles. The summed E-state index contributed by atoms with van der Waals surface area (Å²) in [6.45, 7) is 3.54. The highest BCUT2D eigenvalue weighted by molar-refractivity contribution is 7.99. The minimum atomic E-state index is -1.06. The summed E-state index contributed by atoms with van der Waals surface area (Å²) in [6.07, 6.45) is 0.900. The molecule has 0 unspecified atom stereocenters. The molecule has 0 fully saturated rings. The van der Waals surface area contributed by atoms with E-state index in [1.807, 2.05) is 6.92 Å². The van der Waals surface area contributed by atoms with E-state index < -0.39 is 11.7 Å². The van der Waals surface area contributed by atoms with E-state index in [4.69, 9.17) is 5.11 Å². The zero-order valence-corrected chi connectivity index (χ0v) is 9.35. The predicted octanol–water partition coefficient (Wildman–Crippen LogP) is 1.28. The van der Waals surface area contributed by atoms with Gasteiger partial charge in [0.05, 0.1) is 0 Å². The molecule has 1 rings (SSSR count). The largest absolute Gasteiger partial charge is 0.478 e. The van der Waals surface area contributed by atoms with Gasteiger partial charge in [0.2, 0.25) is 0 Å². The standard InChI is InChI=1S/C9H12N2O3S/c1-3-4-15-7-6(8(12)13)5(2)10-9(14)11-7/h3-4H2,1-2H3,(H,12,13)(H,10,11,14). The van der Waals surface area contributed by atoms with Crippen molar-refractivity contribution in [1.29, 1.82) is 0 Å². The smallest absolute Gasteiger partial charge is 0.346 e. The molecule has 1 heterocycles. The minimum absolute atomic E-state index is 0.0908. The van der Waals surface area contributed by atoms with Gasteiger partial charge in [-0.25, -0.2) is 9.59 Å². The maximum atomic E-state index is 11.1. The van der Waals surface area contributed by atoms with Gasteiger partial charge in [-0.3, -0.25) is 0 Å². The van der Waals surface area contributed by atoms with Gasteiger partial charge in [-0.1, -0.05) is 6.92 Å². The number of carboxylic acids is 1. The van der Waals surface area contributed by atoms with Crippen molar-refractivity contribution in [3.8, 4) is 0 Å². The molecule has 15 heavy (non-hydrogen) atoms. The number of nitrogens with zero attached hydrogens (tertiary/aromatic N) is 1. The van der Waals surface area contributed by atoms with Crippen molar-refractivity contribution in [2.45, 2.75) is 25.3 Å². The number of carboxylic acid groups (broad SMARTS) is 1. The quantitative estimate of drug-likeness (QED) is 0.599. The topological polar surface area (TPSA) is 83.0 Å². The number of hydrogen-bond acceptors (Lipinski definition) is 4. The number of nitrogens with one attached hydrogen (secondary N) is 1. The first-order valence-electron chi connectivity index (χ1n) is 4.53. The SMILES string of the molecule is CCCSc1nc(=O)[nH]c(C)c1C(=O)O. The molecule has 0 radical (unpaired) electrons. The highest BCUT2D eigenvalue weighted by atomic mass is 32.2. The molecule has 5 nitrogen and oxygen atoms in total. The van der Waals surface area contributed by atoms with Gasteiger partial charge in [-0.2, -0.15) is 4.98 Å². The van der Waals surface area contributed by atoms with Gasteiger partial charge in [0.25, 0.3) is 0 Å². The lowest BCUT2D eigenvalue weighted by molar-refractivity contribution is 0.0690. The van der Waals surface area contributed by atoms with Crippen molar-refractivity contribution in [2.75, 3.05) is 5.75 Å². The number of aromatic amines is 1. The van der Waals surface area contributed by atoms with Crippen LogP contribution in [0.4, 0.5) is 0 Å². The number of H-pyrrole nitrogens is 1. The fraction of sp³-hybridized carbons (Fsp3) is 0.444. The zero-order valence-electron chi connectivity index (χ0n) is 8.53. The van der Waals surface area contributed by atoms with Crippen molar-refractivity contribution in [3.05, 3.63) is 21.7 Å². The zero-order chi connectivity index (χ0) is 11.4. The monoisotopic (exact) mass is 228 g/mol. The summed E-state index contributed by atoms with van der Waals surface area (Å²) in [4.78, 5) is 28.1. The number of aromatic nitrogens is 2. The Bertz CT molecular complexity index is 428. The Hall–Kier alpha value is -1.30. The van der Waals surface area contributed by atoms with Crippen molar-refractivity contribution >= 4 is 17.7 Å². The number of hydrogen-bond donors (Lipinski definition) is 2. The number of carbonyl (C=O) groups is 1. The fourth-order valence-corrected chi connectivity index (χ4v) is 2.04. The Kier molecular flexibility index (Phi) is 3.90. The van der Waals surface area contributed by atoms with E-state index in [0.29, 0.717) is 10.7 Å². The summed E-state index contributed by atoms with van der Waals surface area (Å²) in [5, 5.41) is 9.26. The summed E-state index contributed by atoms with van der Waals surface area (Å²) >= 11 is 1.29. The molecular formula is C9H12N2O3S. The van der Waals surface area contributed by atoms with Crippen LogP contribution >= 0.6 is 11.8 Å². The molecule has 0 atom stereocenters. The van der Waals surface area contributed by atoms with Gasteiger partial charge >= 0.3 is 11.7 Å². The lowest BCUT2D eigenvalue weighted by Crippen LogP contribution is -2.18. The Morgan fingerprint density at radius 1 is 1.60 bits per heavy atom. The predicted molar refractivity (Wildman–Crippen MR) is 57.6 cm³/mol. The second-order valence-corrected chi connectivity index (χ2v) is 4.08. The summed E-state index contributed by atoms with van der Waals surface area (Å²) in [5.74, 6) is -0.314. The third kappa shape index (κ3) is 2.82. The van der Waals surface area contributed by atoms with E-state index in [-0.39, 0.29) is 5.56 Å².